The number of nitrogen functional groups attached to an aromatic ring is 1. The lowest BCUT2D eigenvalue weighted by Crippen LogP contribution is -2.04. The van der Waals surface area contributed by atoms with Crippen molar-refractivity contribution in [3.8, 4) is 10.8 Å². The highest BCUT2D eigenvalue weighted by Gasteiger charge is 2.13. The number of hydrogen-bond donors (Lipinski definition) is 1. The van der Waals surface area contributed by atoms with E-state index in [-0.39, 0.29) is 5.95 Å². The zero-order chi connectivity index (χ0) is 12.7. The zero-order valence-corrected chi connectivity index (χ0v) is 11.3. The number of thiazole rings is 1. The molecule has 0 unspecified atom stereocenters. The maximum atomic E-state index is 5.81. The lowest BCUT2D eigenvalue weighted by molar-refractivity contribution is 0.851. The van der Waals surface area contributed by atoms with E-state index in [1.54, 1.807) is 6.20 Å². The summed E-state index contributed by atoms with van der Waals surface area (Å²) in [4.78, 5) is 18.0. The Morgan fingerprint density at radius 3 is 2.83 bits per heavy atom. The molecular weight excluding hydrogens is 270 g/mol. The zero-order valence-electron chi connectivity index (χ0n) is 9.65. The molecular formula is C9H9N7S2. The number of rotatable bonds is 2. The van der Waals surface area contributed by atoms with Gasteiger partial charge >= 0.3 is 0 Å². The molecule has 3 aromatic heterocycles. The van der Waals surface area contributed by atoms with Gasteiger partial charge in [0.05, 0.1) is 0 Å². The highest BCUT2D eigenvalue weighted by Crippen LogP contribution is 2.22. The number of anilines is 1. The number of aryl methyl sites for hydroxylation is 1. The van der Waals surface area contributed by atoms with E-state index in [0.717, 1.165) is 9.88 Å². The van der Waals surface area contributed by atoms with Crippen molar-refractivity contribution in [2.24, 2.45) is 0 Å². The maximum Gasteiger partial charge on any atom is 0.258 e. The van der Waals surface area contributed by atoms with E-state index in [1.165, 1.54) is 27.6 Å². The summed E-state index contributed by atoms with van der Waals surface area (Å²) in [5, 5.41) is 5.60. The normalized spacial score (nSPS) is 11.2. The highest BCUT2D eigenvalue weighted by molar-refractivity contribution is 7.98. The fourth-order valence-electron chi connectivity index (χ4n) is 1.43. The number of nitrogens with two attached hydrogens (primary N) is 1. The maximum absolute atomic E-state index is 5.81. The quantitative estimate of drug-likeness (QED) is 0.705. The largest absolute Gasteiger partial charge is 0.368 e. The standard InChI is InChI=1S/C9H9N7S2/c1-4-3-11-6(18-4)5-12-8-14-9(17-2)13-7(10)16(8)15-5/h3H,1-2H3,(H2,10,12,13,14,15). The van der Waals surface area contributed by atoms with Crippen LogP contribution < -0.4 is 5.73 Å². The molecule has 9 heteroatoms. The van der Waals surface area contributed by atoms with E-state index >= 15 is 0 Å². The molecule has 18 heavy (non-hydrogen) atoms. The Morgan fingerprint density at radius 1 is 1.33 bits per heavy atom. The van der Waals surface area contributed by atoms with E-state index in [2.05, 4.69) is 25.0 Å². The fourth-order valence-corrected chi connectivity index (χ4v) is 2.48. The van der Waals surface area contributed by atoms with Crippen molar-refractivity contribution in [1.82, 2.24) is 29.5 Å². The Morgan fingerprint density at radius 2 is 2.17 bits per heavy atom. The van der Waals surface area contributed by atoms with Crippen LogP contribution in [0.4, 0.5) is 5.95 Å². The molecule has 2 N–H and O–H groups in total. The second kappa shape index (κ2) is 4.18. The van der Waals surface area contributed by atoms with Crippen LogP contribution in [-0.2, 0) is 0 Å². The van der Waals surface area contributed by atoms with Crippen LogP contribution in [0.1, 0.15) is 4.88 Å². The summed E-state index contributed by atoms with van der Waals surface area (Å²) in [6, 6.07) is 0. The Bertz CT molecular complexity index is 717. The summed E-state index contributed by atoms with van der Waals surface area (Å²) >= 11 is 2.94. The molecule has 0 aliphatic rings. The third-order valence-electron chi connectivity index (χ3n) is 2.21. The van der Waals surface area contributed by atoms with Crippen LogP contribution in [0.5, 0.6) is 0 Å². The average molecular weight is 279 g/mol. The van der Waals surface area contributed by atoms with Gasteiger partial charge in [-0.05, 0) is 13.2 Å². The van der Waals surface area contributed by atoms with Crippen LogP contribution in [0.3, 0.4) is 0 Å². The van der Waals surface area contributed by atoms with Gasteiger partial charge in [-0.25, -0.2) is 4.98 Å². The van der Waals surface area contributed by atoms with Crippen molar-refractivity contribution in [2.75, 3.05) is 12.0 Å². The van der Waals surface area contributed by atoms with E-state index in [0.29, 0.717) is 16.8 Å². The molecule has 7 nitrogen and oxygen atoms in total. The first kappa shape index (κ1) is 11.4. The second-order valence-electron chi connectivity index (χ2n) is 3.49. The van der Waals surface area contributed by atoms with E-state index in [4.69, 9.17) is 5.73 Å². The van der Waals surface area contributed by atoms with Crippen LogP contribution in [0, 0.1) is 6.92 Å². The monoisotopic (exact) mass is 279 g/mol. The molecule has 0 bridgehead atoms. The van der Waals surface area contributed by atoms with Crippen molar-refractivity contribution in [2.45, 2.75) is 12.1 Å². The second-order valence-corrected chi connectivity index (χ2v) is 5.50. The third kappa shape index (κ3) is 1.81. The minimum atomic E-state index is 0.274. The highest BCUT2D eigenvalue weighted by atomic mass is 32.2. The molecule has 0 spiro atoms. The SMILES string of the molecule is CSc1nc(N)n2nc(-c3ncc(C)s3)nc2n1. The van der Waals surface area contributed by atoms with E-state index in [1.807, 2.05) is 13.2 Å². The molecule has 0 fully saturated rings. The summed E-state index contributed by atoms with van der Waals surface area (Å²) in [5.74, 6) is 1.23. The predicted octanol–water partition coefficient (Wildman–Crippen LogP) is 1.26. The molecule has 0 radical (unpaired) electrons. The molecule has 0 atom stereocenters. The Labute approximate surface area is 111 Å². The van der Waals surface area contributed by atoms with Gasteiger partial charge in [-0.15, -0.1) is 16.4 Å². The summed E-state index contributed by atoms with van der Waals surface area (Å²) in [7, 11) is 0. The van der Waals surface area contributed by atoms with Gasteiger partial charge in [0.1, 0.15) is 0 Å². The van der Waals surface area contributed by atoms with Gasteiger partial charge in [0, 0.05) is 11.1 Å². The van der Waals surface area contributed by atoms with Gasteiger partial charge in [-0.3, -0.25) is 0 Å². The number of hydrogen-bond acceptors (Lipinski definition) is 8. The molecule has 3 rings (SSSR count). The molecule has 0 aliphatic heterocycles. The fraction of sp³-hybridized carbons (Fsp3) is 0.222. The minimum absolute atomic E-state index is 0.274. The summed E-state index contributed by atoms with van der Waals surface area (Å²) in [5.41, 5.74) is 5.81. The number of nitrogens with zero attached hydrogens (tertiary/aromatic N) is 6. The van der Waals surface area contributed by atoms with Crippen molar-refractivity contribution in [1.29, 1.82) is 0 Å². The number of fused-ring (bicyclic) bond motifs is 1. The van der Waals surface area contributed by atoms with Gasteiger partial charge in [0.2, 0.25) is 11.8 Å². The van der Waals surface area contributed by atoms with Crippen molar-refractivity contribution >= 4 is 34.8 Å². The van der Waals surface area contributed by atoms with Crippen LogP contribution in [0.15, 0.2) is 11.4 Å². The van der Waals surface area contributed by atoms with Gasteiger partial charge in [0.15, 0.2) is 10.2 Å². The molecule has 3 aromatic rings. The number of thioether (sulfide) groups is 1. The predicted molar refractivity (Wildman–Crippen MR) is 70.6 cm³/mol. The van der Waals surface area contributed by atoms with E-state index in [9.17, 15) is 0 Å². The van der Waals surface area contributed by atoms with Crippen molar-refractivity contribution < 1.29 is 0 Å². The molecule has 0 saturated heterocycles. The Balaban J connectivity index is 2.19. The summed E-state index contributed by atoms with van der Waals surface area (Å²) in [6.45, 7) is 1.98. The lowest BCUT2D eigenvalue weighted by Gasteiger charge is -1.97. The van der Waals surface area contributed by atoms with Crippen LogP contribution in [-0.4, -0.2) is 35.8 Å². The molecule has 92 valence electrons. The first-order chi connectivity index (χ1) is 8.67. The van der Waals surface area contributed by atoms with E-state index < -0.39 is 0 Å². The molecule has 0 aliphatic carbocycles. The van der Waals surface area contributed by atoms with Crippen molar-refractivity contribution in [3.05, 3.63) is 11.1 Å². The first-order valence-electron chi connectivity index (χ1n) is 5.04. The van der Waals surface area contributed by atoms with Gasteiger partial charge in [-0.1, -0.05) is 11.8 Å². The lowest BCUT2D eigenvalue weighted by atomic mass is 10.6. The molecule has 0 amide bonds. The smallest absolute Gasteiger partial charge is 0.258 e. The Kier molecular flexibility index (Phi) is 2.63. The van der Waals surface area contributed by atoms with Crippen LogP contribution in [0.2, 0.25) is 0 Å². The van der Waals surface area contributed by atoms with Crippen molar-refractivity contribution in [3.63, 3.8) is 0 Å². The minimum Gasteiger partial charge on any atom is -0.368 e. The molecule has 0 aromatic carbocycles. The van der Waals surface area contributed by atoms with Gasteiger partial charge < -0.3 is 5.73 Å². The topological polar surface area (TPSA) is 94.9 Å². The van der Waals surface area contributed by atoms with Gasteiger partial charge in [0.25, 0.3) is 5.78 Å². The summed E-state index contributed by atoms with van der Waals surface area (Å²) in [6.07, 6.45) is 3.67. The first-order valence-corrected chi connectivity index (χ1v) is 7.08. The molecule has 0 saturated carbocycles. The number of aromatic nitrogens is 6. The van der Waals surface area contributed by atoms with Gasteiger partial charge in [-0.2, -0.15) is 19.5 Å². The summed E-state index contributed by atoms with van der Waals surface area (Å²) < 4.78 is 1.42. The Hall–Kier alpha value is -1.74. The average Bonchev–Trinajstić information content (AvgIpc) is 2.94. The van der Waals surface area contributed by atoms with Crippen LogP contribution >= 0.6 is 23.1 Å². The van der Waals surface area contributed by atoms with Crippen LogP contribution in [0.25, 0.3) is 16.6 Å². The third-order valence-corrected chi connectivity index (χ3v) is 3.66. The molecule has 3 heterocycles.